The van der Waals surface area contributed by atoms with E-state index in [9.17, 15) is 14.7 Å². The third-order valence-corrected chi connectivity index (χ3v) is 5.47. The zero-order chi connectivity index (χ0) is 19.6. The molecule has 1 spiro atoms. The molecular weight excluding hydrogens is 356 g/mol. The van der Waals surface area contributed by atoms with E-state index in [1.165, 1.54) is 0 Å². The van der Waals surface area contributed by atoms with Crippen LogP contribution in [0.25, 0.3) is 0 Å². The van der Waals surface area contributed by atoms with Crippen LogP contribution in [0.5, 0.6) is 0 Å². The van der Waals surface area contributed by atoms with Crippen LogP contribution in [0, 0.1) is 0 Å². The van der Waals surface area contributed by atoms with Crippen molar-refractivity contribution in [3.8, 4) is 0 Å². The van der Waals surface area contributed by atoms with Gasteiger partial charge < -0.3 is 15.2 Å². The number of rotatable bonds is 6. The van der Waals surface area contributed by atoms with Gasteiger partial charge in [-0.15, -0.1) is 0 Å². The Morgan fingerprint density at radius 2 is 1.86 bits per heavy atom. The smallest absolute Gasteiger partial charge is 0.325 e. The molecule has 2 N–H and O–H groups in total. The highest BCUT2D eigenvalue weighted by molar-refractivity contribution is 6.07. The van der Waals surface area contributed by atoms with E-state index < -0.39 is 17.7 Å². The molecule has 1 heterocycles. The van der Waals surface area contributed by atoms with Crippen LogP contribution in [0.15, 0.2) is 54.6 Å². The molecule has 28 heavy (non-hydrogen) atoms. The van der Waals surface area contributed by atoms with Crippen molar-refractivity contribution in [2.24, 2.45) is 0 Å². The minimum atomic E-state index is -1.00. The monoisotopic (exact) mass is 380 g/mol. The van der Waals surface area contributed by atoms with Crippen LogP contribution in [0.3, 0.4) is 0 Å². The number of amides is 3. The number of aliphatic hydroxyl groups excluding tert-OH is 1. The van der Waals surface area contributed by atoms with E-state index in [0.717, 1.165) is 34.4 Å². The lowest BCUT2D eigenvalue weighted by Crippen LogP contribution is -2.47. The molecule has 6 nitrogen and oxygen atoms in total. The summed E-state index contributed by atoms with van der Waals surface area (Å²) in [7, 11) is 0. The van der Waals surface area contributed by atoms with E-state index in [4.69, 9.17) is 4.74 Å². The lowest BCUT2D eigenvalue weighted by Gasteiger charge is -2.33. The number of urea groups is 1. The molecule has 2 aromatic carbocycles. The van der Waals surface area contributed by atoms with Crippen LogP contribution in [0.2, 0.25) is 0 Å². The van der Waals surface area contributed by atoms with Crippen molar-refractivity contribution in [3.05, 3.63) is 71.3 Å². The first kappa shape index (κ1) is 18.7. The van der Waals surface area contributed by atoms with Crippen molar-refractivity contribution < 1.29 is 19.4 Å². The number of nitrogens with one attached hydrogen (secondary N) is 1. The van der Waals surface area contributed by atoms with Gasteiger partial charge in [-0.1, -0.05) is 54.6 Å². The number of carbonyl (C=O) groups is 2. The molecular formula is C22H24N2O4. The Morgan fingerprint density at radius 1 is 1.11 bits per heavy atom. The molecule has 1 aliphatic heterocycles. The van der Waals surface area contributed by atoms with Crippen LogP contribution in [-0.4, -0.2) is 41.2 Å². The van der Waals surface area contributed by atoms with Crippen molar-refractivity contribution in [1.82, 2.24) is 10.2 Å². The fourth-order valence-corrected chi connectivity index (χ4v) is 4.13. The van der Waals surface area contributed by atoms with Gasteiger partial charge >= 0.3 is 6.03 Å². The second-order valence-electron chi connectivity index (χ2n) is 7.42. The van der Waals surface area contributed by atoms with Gasteiger partial charge in [0.1, 0.15) is 5.54 Å². The summed E-state index contributed by atoms with van der Waals surface area (Å²) in [4.78, 5) is 26.8. The molecule has 1 saturated heterocycles. The Morgan fingerprint density at radius 3 is 2.68 bits per heavy atom. The minimum absolute atomic E-state index is 0.0511. The van der Waals surface area contributed by atoms with Crippen molar-refractivity contribution in [1.29, 1.82) is 0 Å². The topological polar surface area (TPSA) is 78.9 Å². The number of aliphatic hydroxyl groups is 1. The predicted octanol–water partition coefficient (Wildman–Crippen LogP) is 2.35. The molecule has 2 atom stereocenters. The van der Waals surface area contributed by atoms with Gasteiger partial charge in [-0.2, -0.15) is 0 Å². The minimum Gasteiger partial charge on any atom is -0.389 e. The Kier molecular flexibility index (Phi) is 5.15. The van der Waals surface area contributed by atoms with E-state index in [2.05, 4.69) is 5.32 Å². The van der Waals surface area contributed by atoms with E-state index in [0.29, 0.717) is 13.0 Å². The standard InChI is InChI=1S/C22H24N2O4/c25-18(15-28-14-16-7-2-1-3-8-16)13-24-20(26)22(23-21(24)27)12-6-10-17-9-4-5-11-19(17)22/h1-5,7-9,11,18,25H,6,10,12-15H2,(H,23,27)/t18-,22-/m1/s1. The SMILES string of the molecule is O=C1N[C@@]2(CCCc3ccccc32)C(=O)N1C[C@@H](O)COCc1ccccc1. The van der Waals surface area contributed by atoms with Gasteiger partial charge in [-0.05, 0) is 36.0 Å². The highest BCUT2D eigenvalue weighted by Crippen LogP contribution is 2.39. The molecule has 3 amide bonds. The lowest BCUT2D eigenvalue weighted by atomic mass is 9.76. The number of fused-ring (bicyclic) bond motifs is 2. The summed E-state index contributed by atoms with van der Waals surface area (Å²) in [5.41, 5.74) is 1.96. The maximum Gasteiger partial charge on any atom is 0.325 e. The largest absolute Gasteiger partial charge is 0.389 e. The molecule has 1 aliphatic carbocycles. The number of nitrogens with zero attached hydrogens (tertiary/aromatic N) is 1. The van der Waals surface area contributed by atoms with Gasteiger partial charge in [0, 0.05) is 0 Å². The highest BCUT2D eigenvalue weighted by Gasteiger charge is 2.54. The molecule has 1 fully saturated rings. The van der Waals surface area contributed by atoms with E-state index in [1.807, 2.05) is 54.6 Å². The zero-order valence-electron chi connectivity index (χ0n) is 15.6. The molecule has 2 aliphatic rings. The van der Waals surface area contributed by atoms with E-state index >= 15 is 0 Å². The first-order valence-electron chi connectivity index (χ1n) is 9.62. The third-order valence-electron chi connectivity index (χ3n) is 5.47. The number of imide groups is 1. The van der Waals surface area contributed by atoms with Crippen LogP contribution >= 0.6 is 0 Å². The van der Waals surface area contributed by atoms with Crippen LogP contribution in [0.1, 0.15) is 29.5 Å². The van der Waals surface area contributed by atoms with Gasteiger partial charge in [-0.3, -0.25) is 9.69 Å². The van der Waals surface area contributed by atoms with Gasteiger partial charge in [0.15, 0.2) is 0 Å². The fraction of sp³-hybridized carbons (Fsp3) is 0.364. The van der Waals surface area contributed by atoms with Crippen molar-refractivity contribution in [3.63, 3.8) is 0 Å². The average molecular weight is 380 g/mol. The second kappa shape index (κ2) is 7.73. The lowest BCUT2D eigenvalue weighted by molar-refractivity contribution is -0.133. The summed E-state index contributed by atoms with van der Waals surface area (Å²) in [6, 6.07) is 16.9. The molecule has 0 bridgehead atoms. The molecule has 0 aromatic heterocycles. The van der Waals surface area contributed by atoms with E-state index in [1.54, 1.807) is 0 Å². The zero-order valence-corrected chi connectivity index (χ0v) is 15.6. The Bertz CT molecular complexity index is 870. The number of hydrogen-bond acceptors (Lipinski definition) is 4. The third kappa shape index (κ3) is 3.41. The quantitative estimate of drug-likeness (QED) is 0.754. The fourth-order valence-electron chi connectivity index (χ4n) is 4.13. The highest BCUT2D eigenvalue weighted by atomic mass is 16.5. The molecule has 0 radical (unpaired) electrons. The summed E-state index contributed by atoms with van der Waals surface area (Å²) in [5, 5.41) is 13.2. The predicted molar refractivity (Wildman–Crippen MR) is 103 cm³/mol. The Hall–Kier alpha value is -2.70. The second-order valence-corrected chi connectivity index (χ2v) is 7.42. The van der Waals surface area contributed by atoms with Crippen LogP contribution in [-0.2, 0) is 28.1 Å². The van der Waals surface area contributed by atoms with Gasteiger partial charge in [0.25, 0.3) is 5.91 Å². The molecule has 146 valence electrons. The van der Waals surface area contributed by atoms with Gasteiger partial charge in [-0.25, -0.2) is 4.79 Å². The maximum absolute atomic E-state index is 13.2. The van der Waals surface area contributed by atoms with Crippen molar-refractivity contribution in [2.45, 2.75) is 37.5 Å². The maximum atomic E-state index is 13.2. The van der Waals surface area contributed by atoms with Crippen molar-refractivity contribution in [2.75, 3.05) is 13.2 Å². The first-order chi connectivity index (χ1) is 13.6. The first-order valence-corrected chi connectivity index (χ1v) is 9.62. The number of β-amino-alcohol motifs (C(OH)–C–C–N with tert-alkyl or cyclic N) is 1. The number of hydrogen-bond donors (Lipinski definition) is 2. The Labute approximate surface area is 164 Å². The molecule has 6 heteroatoms. The number of ether oxygens (including phenoxy) is 1. The molecule has 0 unspecified atom stereocenters. The number of aryl methyl sites for hydroxylation is 1. The van der Waals surface area contributed by atoms with Crippen LogP contribution < -0.4 is 5.32 Å². The summed E-state index contributed by atoms with van der Waals surface area (Å²) in [6.07, 6.45) is 1.37. The normalized spacial score (nSPS) is 22.2. The summed E-state index contributed by atoms with van der Waals surface area (Å²) in [5.74, 6) is -0.285. The summed E-state index contributed by atoms with van der Waals surface area (Å²) >= 11 is 0. The summed E-state index contributed by atoms with van der Waals surface area (Å²) in [6.45, 7) is 0.342. The number of benzene rings is 2. The average Bonchev–Trinajstić information content (AvgIpc) is 2.94. The Balaban J connectivity index is 1.41. The van der Waals surface area contributed by atoms with Gasteiger partial charge in [0.2, 0.25) is 0 Å². The van der Waals surface area contributed by atoms with Gasteiger partial charge in [0.05, 0.1) is 25.9 Å². The number of carbonyl (C=O) groups excluding carboxylic acids is 2. The van der Waals surface area contributed by atoms with E-state index in [-0.39, 0.29) is 19.1 Å². The molecule has 0 saturated carbocycles. The molecule has 4 rings (SSSR count). The summed E-state index contributed by atoms with van der Waals surface area (Å²) < 4.78 is 5.54. The molecule has 2 aromatic rings. The van der Waals surface area contributed by atoms with Crippen molar-refractivity contribution >= 4 is 11.9 Å². The van der Waals surface area contributed by atoms with Crippen LogP contribution in [0.4, 0.5) is 4.79 Å².